The maximum absolute atomic E-state index is 12.8. The lowest BCUT2D eigenvalue weighted by Crippen LogP contribution is -2.48. The summed E-state index contributed by atoms with van der Waals surface area (Å²) in [6, 6.07) is 13.4. The molecule has 6 heteroatoms. The van der Waals surface area contributed by atoms with Gasteiger partial charge in [-0.05, 0) is 37.1 Å². The molecule has 1 fully saturated rings. The molecule has 6 nitrogen and oxygen atoms in total. The number of hydrogen-bond donors (Lipinski definition) is 0. The normalized spacial score (nSPS) is 14.6. The molecule has 164 valence electrons. The first-order valence-electron chi connectivity index (χ1n) is 11.0. The summed E-state index contributed by atoms with van der Waals surface area (Å²) in [7, 11) is 1.83. The molecule has 0 N–H and O–H groups in total. The molecule has 0 saturated carbocycles. The SMILES string of the molecule is CCC(=O)c1cc(C(=O)CCCCN2CCN(C)C(=O)C2)cc(Cc2ccccc2)n1. The second-order valence-corrected chi connectivity index (χ2v) is 8.14. The Bertz CT molecular complexity index is 927. The van der Waals surface area contributed by atoms with Crippen molar-refractivity contribution in [3.8, 4) is 0 Å². The number of unbranched alkanes of at least 4 members (excludes halogenated alkanes) is 1. The Morgan fingerprint density at radius 1 is 1.03 bits per heavy atom. The number of aromatic nitrogens is 1. The van der Waals surface area contributed by atoms with E-state index in [1.807, 2.05) is 43.4 Å². The van der Waals surface area contributed by atoms with Gasteiger partial charge in [-0.2, -0.15) is 0 Å². The number of ketones is 2. The Morgan fingerprint density at radius 3 is 2.52 bits per heavy atom. The Hall–Kier alpha value is -2.86. The van der Waals surface area contributed by atoms with Crippen LogP contribution in [-0.2, 0) is 11.2 Å². The molecule has 0 spiro atoms. The van der Waals surface area contributed by atoms with Gasteiger partial charge in [0.15, 0.2) is 11.6 Å². The molecular weight excluding hydrogens is 390 g/mol. The third-order valence-corrected chi connectivity index (χ3v) is 5.70. The van der Waals surface area contributed by atoms with E-state index in [1.165, 1.54) is 0 Å². The second kappa shape index (κ2) is 11.0. The average molecular weight is 422 g/mol. The lowest BCUT2D eigenvalue weighted by molar-refractivity contribution is -0.134. The zero-order chi connectivity index (χ0) is 22.2. The van der Waals surface area contributed by atoms with Gasteiger partial charge in [0.2, 0.25) is 5.91 Å². The van der Waals surface area contributed by atoms with Crippen molar-refractivity contribution in [3.63, 3.8) is 0 Å². The molecule has 2 heterocycles. The number of hydrogen-bond acceptors (Lipinski definition) is 5. The van der Waals surface area contributed by atoms with Crippen LogP contribution < -0.4 is 0 Å². The highest BCUT2D eigenvalue weighted by Crippen LogP contribution is 2.16. The van der Waals surface area contributed by atoms with Crippen LogP contribution in [0.2, 0.25) is 0 Å². The fraction of sp³-hybridized carbons (Fsp3) is 0.440. The van der Waals surface area contributed by atoms with E-state index in [1.54, 1.807) is 17.9 Å². The van der Waals surface area contributed by atoms with E-state index in [-0.39, 0.29) is 17.5 Å². The van der Waals surface area contributed by atoms with Gasteiger partial charge >= 0.3 is 0 Å². The molecule has 2 aromatic rings. The molecular formula is C25H31N3O3. The van der Waals surface area contributed by atoms with Crippen LogP contribution in [-0.4, -0.2) is 65.5 Å². The fourth-order valence-electron chi connectivity index (χ4n) is 3.73. The summed E-state index contributed by atoms with van der Waals surface area (Å²) in [5, 5.41) is 0. The lowest BCUT2D eigenvalue weighted by atomic mass is 10.0. The number of Topliss-reactive ketones (excluding diaryl/α,β-unsaturated/α-hetero) is 2. The quantitative estimate of drug-likeness (QED) is 0.434. The highest BCUT2D eigenvalue weighted by atomic mass is 16.2. The number of benzene rings is 1. The monoisotopic (exact) mass is 421 g/mol. The van der Waals surface area contributed by atoms with Gasteiger partial charge in [-0.1, -0.05) is 37.3 Å². The number of rotatable bonds is 10. The largest absolute Gasteiger partial charge is 0.343 e. The molecule has 1 aromatic heterocycles. The van der Waals surface area contributed by atoms with E-state index < -0.39 is 0 Å². The fourth-order valence-corrected chi connectivity index (χ4v) is 3.73. The van der Waals surface area contributed by atoms with E-state index in [0.29, 0.717) is 37.1 Å². The Kier molecular flexibility index (Phi) is 8.06. The highest BCUT2D eigenvalue weighted by molar-refractivity contribution is 6.00. The van der Waals surface area contributed by atoms with Crippen LogP contribution in [0.25, 0.3) is 0 Å². The van der Waals surface area contributed by atoms with E-state index in [4.69, 9.17) is 0 Å². The third kappa shape index (κ3) is 6.56. The number of amides is 1. The number of pyridine rings is 1. The summed E-state index contributed by atoms with van der Waals surface area (Å²) in [4.78, 5) is 45.3. The highest BCUT2D eigenvalue weighted by Gasteiger charge is 2.20. The predicted octanol–water partition coefficient (Wildman–Crippen LogP) is 3.39. The van der Waals surface area contributed by atoms with Gasteiger partial charge in [-0.3, -0.25) is 19.3 Å². The first-order chi connectivity index (χ1) is 15.0. The van der Waals surface area contributed by atoms with Crippen LogP contribution in [0.1, 0.15) is 64.7 Å². The van der Waals surface area contributed by atoms with Gasteiger partial charge in [-0.15, -0.1) is 0 Å². The van der Waals surface area contributed by atoms with Crippen molar-refractivity contribution < 1.29 is 14.4 Å². The summed E-state index contributed by atoms with van der Waals surface area (Å²) in [6.45, 7) is 4.72. The molecule has 3 rings (SSSR count). The summed E-state index contributed by atoms with van der Waals surface area (Å²) in [6.07, 6.45) is 3.00. The predicted molar refractivity (Wildman–Crippen MR) is 120 cm³/mol. The van der Waals surface area contributed by atoms with Crippen LogP contribution in [0.4, 0.5) is 0 Å². The number of likely N-dealkylation sites (N-methyl/N-ethyl adjacent to an activating group) is 1. The Morgan fingerprint density at radius 2 is 1.81 bits per heavy atom. The van der Waals surface area contributed by atoms with Crippen molar-refractivity contribution in [1.82, 2.24) is 14.8 Å². The number of piperazine rings is 1. The summed E-state index contributed by atoms with van der Waals surface area (Å²) in [5.74, 6) is 0.137. The smallest absolute Gasteiger partial charge is 0.236 e. The van der Waals surface area contributed by atoms with Gasteiger partial charge in [0.25, 0.3) is 0 Å². The van der Waals surface area contributed by atoms with E-state index in [2.05, 4.69) is 9.88 Å². The van der Waals surface area contributed by atoms with Crippen molar-refractivity contribution in [2.45, 2.75) is 39.0 Å². The van der Waals surface area contributed by atoms with Gasteiger partial charge in [-0.25, -0.2) is 4.98 Å². The molecule has 1 aliphatic heterocycles. The van der Waals surface area contributed by atoms with Gasteiger partial charge in [0.1, 0.15) is 5.69 Å². The first-order valence-corrected chi connectivity index (χ1v) is 11.0. The molecule has 1 amide bonds. The Balaban J connectivity index is 1.60. The van der Waals surface area contributed by atoms with Crippen LogP contribution in [0.3, 0.4) is 0 Å². The molecule has 1 aromatic carbocycles. The molecule has 0 atom stereocenters. The topological polar surface area (TPSA) is 70.6 Å². The summed E-state index contributed by atoms with van der Waals surface area (Å²) in [5.41, 5.74) is 2.77. The molecule has 0 radical (unpaired) electrons. The van der Waals surface area contributed by atoms with Crippen LogP contribution in [0.5, 0.6) is 0 Å². The molecule has 0 unspecified atom stereocenters. The van der Waals surface area contributed by atoms with Crippen LogP contribution in [0, 0.1) is 0 Å². The maximum Gasteiger partial charge on any atom is 0.236 e. The standard InChI is InChI=1S/C25H31N3O3/c1-3-23(29)22-17-20(16-21(26-22)15-19-9-5-4-6-10-19)24(30)11-7-8-12-28-14-13-27(2)25(31)18-28/h4-6,9-10,16-17H,3,7-8,11-15,18H2,1-2H3. The number of carbonyl (C=O) groups is 3. The molecule has 31 heavy (non-hydrogen) atoms. The van der Waals surface area contributed by atoms with Crippen molar-refractivity contribution in [2.75, 3.05) is 33.2 Å². The second-order valence-electron chi connectivity index (χ2n) is 8.14. The van der Waals surface area contributed by atoms with Crippen LogP contribution >= 0.6 is 0 Å². The van der Waals surface area contributed by atoms with Crippen molar-refractivity contribution >= 4 is 17.5 Å². The summed E-state index contributed by atoms with van der Waals surface area (Å²) >= 11 is 0. The van der Waals surface area contributed by atoms with Gasteiger partial charge in [0, 0.05) is 50.7 Å². The minimum absolute atomic E-state index is 0.0383. The first kappa shape index (κ1) is 22.8. The number of nitrogens with zero attached hydrogens (tertiary/aromatic N) is 3. The Labute approximate surface area is 184 Å². The van der Waals surface area contributed by atoms with E-state index >= 15 is 0 Å². The van der Waals surface area contributed by atoms with Crippen molar-refractivity contribution in [1.29, 1.82) is 0 Å². The van der Waals surface area contributed by atoms with Crippen LogP contribution in [0.15, 0.2) is 42.5 Å². The molecule has 0 bridgehead atoms. The minimum atomic E-state index is -0.0521. The van der Waals surface area contributed by atoms with E-state index in [9.17, 15) is 14.4 Å². The molecule has 1 aliphatic rings. The lowest BCUT2D eigenvalue weighted by Gasteiger charge is -2.31. The summed E-state index contributed by atoms with van der Waals surface area (Å²) < 4.78 is 0. The maximum atomic E-state index is 12.8. The van der Waals surface area contributed by atoms with Crippen molar-refractivity contribution in [3.05, 3.63) is 65.0 Å². The van der Waals surface area contributed by atoms with Gasteiger partial charge < -0.3 is 4.90 Å². The zero-order valence-electron chi connectivity index (χ0n) is 18.5. The van der Waals surface area contributed by atoms with E-state index in [0.717, 1.165) is 43.7 Å². The molecule has 0 aliphatic carbocycles. The molecule has 1 saturated heterocycles. The zero-order valence-corrected chi connectivity index (χ0v) is 18.5. The minimum Gasteiger partial charge on any atom is -0.343 e. The number of carbonyl (C=O) groups excluding carboxylic acids is 3. The third-order valence-electron chi connectivity index (χ3n) is 5.70. The van der Waals surface area contributed by atoms with Gasteiger partial charge in [0.05, 0.1) is 6.54 Å². The van der Waals surface area contributed by atoms with Crippen molar-refractivity contribution in [2.24, 2.45) is 0 Å². The average Bonchev–Trinajstić information content (AvgIpc) is 2.78.